The fraction of sp³-hybridized carbons (Fsp3) is 0.357. The third-order valence-electron chi connectivity index (χ3n) is 3.66. The zero-order chi connectivity index (χ0) is 12.7. The van der Waals surface area contributed by atoms with Crippen LogP contribution < -0.4 is 5.73 Å². The summed E-state index contributed by atoms with van der Waals surface area (Å²) in [5, 5.41) is 0.723. The standard InChI is InChI=1S/C14H14FIN2/c15-9-5-10-12(17)7-13(8-3-1-2-4-8)18-14(10)11(16)6-9/h5-8H,1-4H2,(H2,17,18). The Kier molecular flexibility index (Phi) is 3.13. The van der Waals surface area contributed by atoms with Crippen LogP contribution in [0.5, 0.6) is 0 Å². The van der Waals surface area contributed by atoms with Crippen LogP contribution in [-0.2, 0) is 0 Å². The maximum atomic E-state index is 13.4. The molecule has 18 heavy (non-hydrogen) atoms. The lowest BCUT2D eigenvalue weighted by atomic mass is 10.0. The van der Waals surface area contributed by atoms with Crippen LogP contribution in [0.1, 0.15) is 37.3 Å². The molecule has 0 radical (unpaired) electrons. The molecule has 0 bridgehead atoms. The number of hydrogen-bond acceptors (Lipinski definition) is 2. The second-order valence-electron chi connectivity index (χ2n) is 4.90. The van der Waals surface area contributed by atoms with Crippen LogP contribution in [0.15, 0.2) is 18.2 Å². The summed E-state index contributed by atoms with van der Waals surface area (Å²) in [6.45, 7) is 0. The van der Waals surface area contributed by atoms with Crippen LogP contribution >= 0.6 is 22.6 Å². The number of fused-ring (bicyclic) bond motifs is 1. The largest absolute Gasteiger partial charge is 0.398 e. The third kappa shape index (κ3) is 2.06. The minimum absolute atomic E-state index is 0.256. The number of pyridine rings is 1. The summed E-state index contributed by atoms with van der Waals surface area (Å²) >= 11 is 2.12. The molecular weight excluding hydrogens is 342 g/mol. The first-order chi connectivity index (χ1) is 8.65. The Balaban J connectivity index is 2.20. The summed E-state index contributed by atoms with van der Waals surface area (Å²) in [5.41, 5.74) is 8.59. The molecule has 94 valence electrons. The fourth-order valence-electron chi connectivity index (χ4n) is 2.73. The highest BCUT2D eigenvalue weighted by molar-refractivity contribution is 14.1. The average molecular weight is 356 g/mol. The number of hydrogen-bond donors (Lipinski definition) is 1. The molecule has 1 saturated carbocycles. The van der Waals surface area contributed by atoms with E-state index >= 15 is 0 Å². The molecule has 0 atom stereocenters. The second kappa shape index (κ2) is 4.64. The number of rotatable bonds is 1. The lowest BCUT2D eigenvalue weighted by Crippen LogP contribution is -2.01. The predicted molar refractivity (Wildman–Crippen MR) is 80.0 cm³/mol. The van der Waals surface area contributed by atoms with Crippen molar-refractivity contribution in [3.63, 3.8) is 0 Å². The van der Waals surface area contributed by atoms with E-state index in [1.54, 1.807) is 0 Å². The number of anilines is 1. The third-order valence-corrected chi connectivity index (χ3v) is 4.48. The smallest absolute Gasteiger partial charge is 0.125 e. The fourth-order valence-corrected chi connectivity index (χ4v) is 3.44. The first-order valence-corrected chi connectivity index (χ1v) is 7.28. The van der Waals surface area contributed by atoms with Gasteiger partial charge in [0.2, 0.25) is 0 Å². The van der Waals surface area contributed by atoms with Crippen molar-refractivity contribution in [3.05, 3.63) is 33.3 Å². The van der Waals surface area contributed by atoms with Gasteiger partial charge >= 0.3 is 0 Å². The molecule has 3 rings (SSSR count). The molecule has 1 aliphatic carbocycles. The molecule has 2 aromatic rings. The SMILES string of the molecule is Nc1cc(C2CCCC2)nc2c(I)cc(F)cc12. The number of nitrogen functional groups attached to an aromatic ring is 1. The van der Waals surface area contributed by atoms with Crippen molar-refractivity contribution >= 4 is 39.2 Å². The van der Waals surface area contributed by atoms with Gasteiger partial charge in [-0.05, 0) is 53.6 Å². The first-order valence-electron chi connectivity index (χ1n) is 6.20. The van der Waals surface area contributed by atoms with Crippen molar-refractivity contribution in [1.82, 2.24) is 4.98 Å². The summed E-state index contributed by atoms with van der Waals surface area (Å²) in [4.78, 5) is 4.70. The Hall–Kier alpha value is -0.910. The number of benzene rings is 1. The van der Waals surface area contributed by atoms with Crippen LogP contribution in [-0.4, -0.2) is 4.98 Å². The van der Waals surface area contributed by atoms with Gasteiger partial charge in [0.25, 0.3) is 0 Å². The summed E-state index contributed by atoms with van der Waals surface area (Å²) in [7, 11) is 0. The zero-order valence-corrected chi connectivity index (χ0v) is 12.1. The van der Waals surface area contributed by atoms with E-state index in [1.165, 1.54) is 37.8 Å². The molecule has 2 nitrogen and oxygen atoms in total. The Morgan fingerprint density at radius 3 is 2.67 bits per heavy atom. The van der Waals surface area contributed by atoms with Gasteiger partial charge in [-0.15, -0.1) is 0 Å². The van der Waals surface area contributed by atoms with Gasteiger partial charge in [-0.3, -0.25) is 4.98 Å². The van der Waals surface area contributed by atoms with E-state index in [1.807, 2.05) is 6.07 Å². The van der Waals surface area contributed by atoms with Crippen molar-refractivity contribution in [3.8, 4) is 0 Å². The molecule has 0 aliphatic heterocycles. The van der Waals surface area contributed by atoms with Gasteiger partial charge in [-0.1, -0.05) is 12.8 Å². The Labute approximate surface area is 119 Å². The summed E-state index contributed by atoms with van der Waals surface area (Å²) in [6.07, 6.45) is 4.92. The Morgan fingerprint density at radius 2 is 1.94 bits per heavy atom. The van der Waals surface area contributed by atoms with E-state index in [0.29, 0.717) is 11.6 Å². The van der Waals surface area contributed by atoms with Gasteiger partial charge in [0.05, 0.1) is 5.52 Å². The van der Waals surface area contributed by atoms with Gasteiger partial charge in [0, 0.05) is 26.3 Å². The Morgan fingerprint density at radius 1 is 1.22 bits per heavy atom. The number of aromatic nitrogens is 1. The van der Waals surface area contributed by atoms with Crippen molar-refractivity contribution in [1.29, 1.82) is 0 Å². The van der Waals surface area contributed by atoms with Gasteiger partial charge < -0.3 is 5.73 Å². The molecule has 0 saturated heterocycles. The highest BCUT2D eigenvalue weighted by atomic mass is 127. The molecule has 0 amide bonds. The summed E-state index contributed by atoms with van der Waals surface area (Å²) in [5.74, 6) is 0.270. The van der Waals surface area contributed by atoms with Crippen molar-refractivity contribution < 1.29 is 4.39 Å². The lowest BCUT2D eigenvalue weighted by Gasteiger charge is -2.12. The molecule has 2 N–H and O–H groups in total. The Bertz CT molecular complexity index is 606. The number of nitrogens with zero attached hydrogens (tertiary/aromatic N) is 1. The monoisotopic (exact) mass is 356 g/mol. The van der Waals surface area contributed by atoms with Crippen LogP contribution in [0.25, 0.3) is 10.9 Å². The molecule has 4 heteroatoms. The molecule has 1 fully saturated rings. The predicted octanol–water partition coefficient (Wildman–Crippen LogP) is 4.22. The lowest BCUT2D eigenvalue weighted by molar-refractivity contribution is 0.628. The van der Waals surface area contributed by atoms with Crippen LogP contribution in [0.4, 0.5) is 10.1 Å². The van der Waals surface area contributed by atoms with Crippen LogP contribution in [0.3, 0.4) is 0 Å². The molecular formula is C14H14FIN2. The van der Waals surface area contributed by atoms with E-state index in [-0.39, 0.29) is 5.82 Å². The van der Waals surface area contributed by atoms with Crippen molar-refractivity contribution in [2.45, 2.75) is 31.6 Å². The van der Waals surface area contributed by atoms with Crippen LogP contribution in [0.2, 0.25) is 0 Å². The van der Waals surface area contributed by atoms with E-state index in [2.05, 4.69) is 22.6 Å². The maximum Gasteiger partial charge on any atom is 0.125 e. The van der Waals surface area contributed by atoms with Gasteiger partial charge in [-0.2, -0.15) is 0 Å². The zero-order valence-electron chi connectivity index (χ0n) is 9.92. The van der Waals surface area contributed by atoms with E-state index < -0.39 is 0 Å². The topological polar surface area (TPSA) is 38.9 Å². The summed E-state index contributed by atoms with van der Waals surface area (Å²) < 4.78 is 14.2. The second-order valence-corrected chi connectivity index (χ2v) is 6.06. The van der Waals surface area contributed by atoms with E-state index in [4.69, 9.17) is 10.7 Å². The normalized spacial score (nSPS) is 16.6. The van der Waals surface area contributed by atoms with E-state index in [9.17, 15) is 4.39 Å². The molecule has 0 unspecified atom stereocenters. The average Bonchev–Trinajstić information content (AvgIpc) is 2.83. The van der Waals surface area contributed by atoms with Crippen LogP contribution in [0, 0.1) is 9.39 Å². The number of nitrogens with two attached hydrogens (primary N) is 1. The van der Waals surface area contributed by atoms with Crippen molar-refractivity contribution in [2.75, 3.05) is 5.73 Å². The molecule has 1 aliphatic rings. The molecule has 1 heterocycles. The molecule has 0 spiro atoms. The molecule has 1 aromatic carbocycles. The summed E-state index contributed by atoms with van der Waals surface area (Å²) in [6, 6.07) is 4.90. The van der Waals surface area contributed by atoms with Crippen molar-refractivity contribution in [2.24, 2.45) is 0 Å². The van der Waals surface area contributed by atoms with E-state index in [0.717, 1.165) is 20.2 Å². The highest BCUT2D eigenvalue weighted by Crippen LogP contribution is 2.36. The van der Waals surface area contributed by atoms with Gasteiger partial charge in [0.1, 0.15) is 5.82 Å². The maximum absolute atomic E-state index is 13.4. The van der Waals surface area contributed by atoms with Gasteiger partial charge in [0.15, 0.2) is 0 Å². The minimum atomic E-state index is -0.256. The van der Waals surface area contributed by atoms with Gasteiger partial charge in [-0.25, -0.2) is 4.39 Å². The quantitative estimate of drug-likeness (QED) is 0.778. The molecule has 1 aromatic heterocycles. The minimum Gasteiger partial charge on any atom is -0.398 e. The first kappa shape index (κ1) is 12.1. The highest BCUT2D eigenvalue weighted by Gasteiger charge is 2.20. The number of halogens is 2.